The van der Waals surface area contributed by atoms with Crippen molar-refractivity contribution in [3.8, 4) is 0 Å². The lowest BCUT2D eigenvalue weighted by atomic mass is 10.1. The second kappa shape index (κ2) is 7.07. The molecule has 1 amide bonds. The van der Waals surface area contributed by atoms with E-state index < -0.39 is 5.60 Å². The second-order valence-corrected chi connectivity index (χ2v) is 7.33. The topological polar surface area (TPSA) is 65.1 Å². The first kappa shape index (κ1) is 18.0. The minimum atomic E-state index is -0.537. The zero-order valence-corrected chi connectivity index (χ0v) is 14.8. The largest absolute Gasteiger partial charge is 0.466 e. The van der Waals surface area contributed by atoms with E-state index in [1.165, 1.54) is 0 Å². The van der Waals surface area contributed by atoms with Crippen molar-refractivity contribution in [3.63, 3.8) is 0 Å². The Hall–Kier alpha value is -1.30. The summed E-state index contributed by atoms with van der Waals surface area (Å²) in [5.74, 6) is 0.384. The smallest absolute Gasteiger partial charge is 0.410 e. The van der Waals surface area contributed by atoms with Crippen LogP contribution in [0.15, 0.2) is 0 Å². The van der Waals surface area contributed by atoms with Gasteiger partial charge in [0.05, 0.1) is 19.1 Å². The second-order valence-electron chi connectivity index (χ2n) is 7.33. The van der Waals surface area contributed by atoms with E-state index in [4.69, 9.17) is 14.2 Å². The van der Waals surface area contributed by atoms with Gasteiger partial charge in [-0.3, -0.25) is 4.79 Å². The molecule has 0 saturated heterocycles. The molecule has 0 aromatic heterocycles. The van der Waals surface area contributed by atoms with E-state index in [1.54, 1.807) is 12.0 Å². The van der Waals surface area contributed by atoms with Gasteiger partial charge in [-0.2, -0.15) is 0 Å². The molecule has 4 atom stereocenters. The Bertz CT molecular complexity index is 445. The van der Waals surface area contributed by atoms with E-state index in [0.29, 0.717) is 25.7 Å². The predicted octanol–water partition coefficient (Wildman–Crippen LogP) is 2.46. The molecule has 0 spiro atoms. The van der Waals surface area contributed by atoms with Crippen LogP contribution in [0, 0.1) is 17.8 Å². The number of carbonyl (C=O) groups excluding carboxylic acids is 2. The maximum atomic E-state index is 12.6. The third-order valence-corrected chi connectivity index (χ3v) is 4.59. The van der Waals surface area contributed by atoms with Gasteiger partial charge >= 0.3 is 12.1 Å². The Morgan fingerprint density at radius 2 is 1.91 bits per heavy atom. The van der Waals surface area contributed by atoms with Crippen molar-refractivity contribution in [2.24, 2.45) is 17.8 Å². The number of amides is 1. The van der Waals surface area contributed by atoms with Gasteiger partial charge in [-0.25, -0.2) is 4.79 Å². The molecule has 2 rings (SSSR count). The lowest BCUT2D eigenvalue weighted by Gasteiger charge is -2.32. The standard InChI is InChI=1S/C17H29NO5/c1-6-22-15(19)14-11-7-8-12(13(11)14)18(9-10-21-5)16(20)23-17(2,3)4/h11-14H,6-10H2,1-5H3/t11-,12+,13-,14+/m1/s1. The summed E-state index contributed by atoms with van der Waals surface area (Å²) in [6.45, 7) is 8.73. The van der Waals surface area contributed by atoms with E-state index in [2.05, 4.69) is 0 Å². The van der Waals surface area contributed by atoms with Gasteiger partial charge in [0.1, 0.15) is 5.60 Å². The summed E-state index contributed by atoms with van der Waals surface area (Å²) in [4.78, 5) is 26.3. The zero-order chi connectivity index (χ0) is 17.2. The number of nitrogens with zero attached hydrogens (tertiary/aromatic N) is 1. The van der Waals surface area contributed by atoms with Crippen LogP contribution in [0.3, 0.4) is 0 Å². The van der Waals surface area contributed by atoms with Crippen molar-refractivity contribution in [3.05, 3.63) is 0 Å². The first-order valence-electron chi connectivity index (χ1n) is 8.45. The van der Waals surface area contributed by atoms with Crippen LogP contribution in [-0.2, 0) is 19.0 Å². The van der Waals surface area contributed by atoms with Crippen molar-refractivity contribution in [2.45, 2.75) is 52.2 Å². The average Bonchev–Trinajstić information content (AvgIpc) is 3.01. The number of rotatable bonds is 6. The molecule has 132 valence electrons. The molecule has 0 aromatic rings. The summed E-state index contributed by atoms with van der Waals surface area (Å²) < 4.78 is 15.8. The molecule has 23 heavy (non-hydrogen) atoms. The summed E-state index contributed by atoms with van der Waals surface area (Å²) in [6, 6.07) is 0.0411. The summed E-state index contributed by atoms with van der Waals surface area (Å²) in [7, 11) is 1.61. The highest BCUT2D eigenvalue weighted by Crippen LogP contribution is 2.59. The van der Waals surface area contributed by atoms with Crippen LogP contribution >= 0.6 is 0 Å². The van der Waals surface area contributed by atoms with Crippen molar-refractivity contribution in [1.29, 1.82) is 0 Å². The lowest BCUT2D eigenvalue weighted by molar-refractivity contribution is -0.145. The molecule has 0 heterocycles. The molecule has 0 unspecified atom stereocenters. The van der Waals surface area contributed by atoms with E-state index in [0.717, 1.165) is 12.8 Å². The van der Waals surface area contributed by atoms with Gasteiger partial charge in [0.15, 0.2) is 0 Å². The predicted molar refractivity (Wildman–Crippen MR) is 84.9 cm³/mol. The minimum Gasteiger partial charge on any atom is -0.466 e. The Kier molecular flexibility index (Phi) is 5.55. The number of hydrogen-bond acceptors (Lipinski definition) is 5. The molecule has 0 aliphatic heterocycles. The number of methoxy groups -OCH3 is 1. The van der Waals surface area contributed by atoms with Crippen LogP contribution in [0.1, 0.15) is 40.5 Å². The highest BCUT2D eigenvalue weighted by atomic mass is 16.6. The van der Waals surface area contributed by atoms with E-state index in [9.17, 15) is 9.59 Å². The van der Waals surface area contributed by atoms with Gasteiger partial charge in [0.25, 0.3) is 0 Å². The molecule has 2 saturated carbocycles. The van der Waals surface area contributed by atoms with Crippen LogP contribution in [0.2, 0.25) is 0 Å². The van der Waals surface area contributed by atoms with Crippen molar-refractivity contribution in [1.82, 2.24) is 4.90 Å². The van der Waals surface area contributed by atoms with Gasteiger partial charge in [-0.1, -0.05) is 0 Å². The highest BCUT2D eigenvalue weighted by molar-refractivity contribution is 5.77. The molecule has 6 nitrogen and oxygen atoms in total. The lowest BCUT2D eigenvalue weighted by Crippen LogP contribution is -2.45. The van der Waals surface area contributed by atoms with E-state index in [-0.39, 0.29) is 29.9 Å². The third-order valence-electron chi connectivity index (χ3n) is 4.59. The molecule has 0 N–H and O–H groups in total. The van der Waals surface area contributed by atoms with Gasteiger partial charge in [-0.15, -0.1) is 0 Å². The summed E-state index contributed by atoms with van der Waals surface area (Å²) in [5, 5.41) is 0. The van der Waals surface area contributed by atoms with Crippen molar-refractivity contribution < 1.29 is 23.8 Å². The van der Waals surface area contributed by atoms with Crippen LogP contribution < -0.4 is 0 Å². The van der Waals surface area contributed by atoms with Crippen molar-refractivity contribution >= 4 is 12.1 Å². The monoisotopic (exact) mass is 327 g/mol. The van der Waals surface area contributed by atoms with Gasteiger partial charge < -0.3 is 19.1 Å². The molecular weight excluding hydrogens is 298 g/mol. The fourth-order valence-corrected chi connectivity index (χ4v) is 3.69. The fourth-order valence-electron chi connectivity index (χ4n) is 3.69. The first-order valence-corrected chi connectivity index (χ1v) is 8.45. The Morgan fingerprint density at radius 1 is 1.22 bits per heavy atom. The van der Waals surface area contributed by atoms with Crippen LogP contribution in [0.25, 0.3) is 0 Å². The zero-order valence-electron chi connectivity index (χ0n) is 14.8. The maximum absolute atomic E-state index is 12.6. The number of carbonyl (C=O) groups is 2. The number of fused-ring (bicyclic) bond motifs is 1. The highest BCUT2D eigenvalue weighted by Gasteiger charge is 2.64. The third kappa shape index (κ3) is 4.16. The Balaban J connectivity index is 2.04. The Morgan fingerprint density at radius 3 is 2.48 bits per heavy atom. The number of ether oxygens (including phenoxy) is 3. The van der Waals surface area contributed by atoms with E-state index >= 15 is 0 Å². The quantitative estimate of drug-likeness (QED) is 0.701. The molecule has 0 bridgehead atoms. The molecule has 6 heteroatoms. The first-order chi connectivity index (χ1) is 10.8. The van der Waals surface area contributed by atoms with Crippen molar-refractivity contribution in [2.75, 3.05) is 26.9 Å². The van der Waals surface area contributed by atoms with Gasteiger partial charge in [-0.05, 0) is 52.4 Å². The summed E-state index contributed by atoms with van der Waals surface area (Å²) in [6.07, 6.45) is 1.55. The molecular formula is C17H29NO5. The van der Waals surface area contributed by atoms with Crippen LogP contribution in [0.4, 0.5) is 4.79 Å². The van der Waals surface area contributed by atoms with Gasteiger partial charge in [0, 0.05) is 19.7 Å². The molecule has 2 aliphatic rings. The summed E-state index contributed by atoms with van der Waals surface area (Å²) >= 11 is 0. The minimum absolute atomic E-state index is 0.0411. The normalized spacial score (nSPS) is 28.9. The Labute approximate surface area is 138 Å². The molecule has 0 radical (unpaired) electrons. The molecule has 2 aliphatic carbocycles. The van der Waals surface area contributed by atoms with Gasteiger partial charge in [0.2, 0.25) is 0 Å². The fraction of sp³-hybridized carbons (Fsp3) is 0.882. The number of hydrogen-bond donors (Lipinski definition) is 0. The SMILES string of the molecule is CCOC(=O)[C@H]1[C@@H]2CC[C@H](N(CCOC)C(=O)OC(C)(C)C)[C@@H]21. The molecule has 0 aromatic carbocycles. The summed E-state index contributed by atoms with van der Waals surface area (Å²) in [5.41, 5.74) is -0.537. The number of esters is 1. The maximum Gasteiger partial charge on any atom is 0.410 e. The van der Waals surface area contributed by atoms with Crippen LogP contribution in [0.5, 0.6) is 0 Å². The van der Waals surface area contributed by atoms with Crippen LogP contribution in [-0.4, -0.2) is 55.5 Å². The molecule has 2 fully saturated rings. The van der Waals surface area contributed by atoms with E-state index in [1.807, 2.05) is 27.7 Å². The average molecular weight is 327 g/mol.